The number of carbonyl (C=O) groups is 2. The van der Waals surface area contributed by atoms with Crippen LogP contribution in [0.3, 0.4) is 0 Å². The Labute approximate surface area is 145 Å². The highest BCUT2D eigenvalue weighted by Crippen LogP contribution is 2.20. The zero-order valence-electron chi connectivity index (χ0n) is 13.3. The predicted molar refractivity (Wildman–Crippen MR) is 94.3 cm³/mol. The summed E-state index contributed by atoms with van der Waals surface area (Å²) in [5.41, 5.74) is 5.65. The van der Waals surface area contributed by atoms with E-state index in [0.717, 1.165) is 5.75 Å². The Morgan fingerprint density at radius 3 is 1.56 bits per heavy atom. The normalized spacial score (nSPS) is 9.92. The highest BCUT2D eigenvalue weighted by atomic mass is 16.5. The Balaban J connectivity index is 1.56. The van der Waals surface area contributed by atoms with E-state index in [1.807, 2.05) is 36.4 Å². The summed E-state index contributed by atoms with van der Waals surface area (Å²) in [4.78, 5) is 24.0. The number of nitrogens with one attached hydrogen (secondary N) is 2. The quantitative estimate of drug-likeness (QED) is 0.718. The molecule has 0 aliphatic carbocycles. The number of para-hydroxylation sites is 1. The van der Waals surface area contributed by atoms with Crippen LogP contribution in [0.1, 0.15) is 20.7 Å². The molecule has 2 amide bonds. The van der Waals surface area contributed by atoms with Gasteiger partial charge in [0.2, 0.25) is 0 Å². The third kappa shape index (κ3) is 4.45. The SMILES string of the molecule is O=C(NNC(=O)c1ccc(Oc2ccccc2)cc1)c1ccccc1. The maximum Gasteiger partial charge on any atom is 0.269 e. The van der Waals surface area contributed by atoms with Crippen molar-refractivity contribution in [2.24, 2.45) is 0 Å². The largest absolute Gasteiger partial charge is 0.457 e. The molecule has 3 aromatic rings. The highest BCUT2D eigenvalue weighted by Gasteiger charge is 2.09. The first-order chi connectivity index (χ1) is 12.2. The number of hydrogen-bond acceptors (Lipinski definition) is 3. The van der Waals surface area contributed by atoms with Gasteiger partial charge in [-0.25, -0.2) is 0 Å². The van der Waals surface area contributed by atoms with Crippen LogP contribution in [-0.2, 0) is 0 Å². The fourth-order valence-corrected chi connectivity index (χ4v) is 2.15. The minimum Gasteiger partial charge on any atom is -0.457 e. The van der Waals surface area contributed by atoms with E-state index in [1.54, 1.807) is 48.5 Å². The van der Waals surface area contributed by atoms with Gasteiger partial charge in [-0.3, -0.25) is 20.4 Å². The lowest BCUT2D eigenvalue weighted by Gasteiger charge is -2.09. The van der Waals surface area contributed by atoms with Crippen LogP contribution in [0.25, 0.3) is 0 Å². The lowest BCUT2D eigenvalue weighted by Crippen LogP contribution is -2.41. The van der Waals surface area contributed by atoms with Crippen molar-refractivity contribution < 1.29 is 14.3 Å². The van der Waals surface area contributed by atoms with Crippen LogP contribution in [0.5, 0.6) is 11.5 Å². The Morgan fingerprint density at radius 1 is 0.560 bits per heavy atom. The lowest BCUT2D eigenvalue weighted by atomic mass is 10.2. The average Bonchev–Trinajstić information content (AvgIpc) is 2.68. The molecule has 5 nitrogen and oxygen atoms in total. The minimum atomic E-state index is -0.407. The van der Waals surface area contributed by atoms with Gasteiger partial charge >= 0.3 is 0 Å². The third-order valence-electron chi connectivity index (χ3n) is 3.42. The molecular formula is C20H16N2O3. The maximum atomic E-state index is 12.1. The molecule has 5 heteroatoms. The van der Waals surface area contributed by atoms with Crippen LogP contribution in [0.15, 0.2) is 84.9 Å². The summed E-state index contributed by atoms with van der Waals surface area (Å²) in [6, 6.07) is 24.7. The van der Waals surface area contributed by atoms with Crippen molar-refractivity contribution in [1.29, 1.82) is 0 Å². The molecule has 0 spiro atoms. The molecule has 0 fully saturated rings. The number of ether oxygens (including phenoxy) is 1. The van der Waals surface area contributed by atoms with Gasteiger partial charge in [-0.15, -0.1) is 0 Å². The Kier molecular flexibility index (Phi) is 5.07. The molecule has 3 aromatic carbocycles. The van der Waals surface area contributed by atoms with Crippen LogP contribution < -0.4 is 15.6 Å². The molecule has 0 aromatic heterocycles. The topological polar surface area (TPSA) is 67.4 Å². The Hall–Kier alpha value is -3.60. The van der Waals surface area contributed by atoms with Crippen LogP contribution in [-0.4, -0.2) is 11.8 Å². The van der Waals surface area contributed by atoms with Gasteiger partial charge in [-0.2, -0.15) is 0 Å². The molecule has 0 aliphatic rings. The van der Waals surface area contributed by atoms with Crippen molar-refractivity contribution in [3.63, 3.8) is 0 Å². The molecule has 3 rings (SSSR count). The van der Waals surface area contributed by atoms with E-state index in [9.17, 15) is 9.59 Å². The summed E-state index contributed by atoms with van der Waals surface area (Å²) in [5.74, 6) is 0.555. The Morgan fingerprint density at radius 2 is 1.00 bits per heavy atom. The van der Waals surface area contributed by atoms with Crippen molar-refractivity contribution in [3.05, 3.63) is 96.1 Å². The second-order valence-electron chi connectivity index (χ2n) is 5.21. The van der Waals surface area contributed by atoms with E-state index in [-0.39, 0.29) is 5.91 Å². The van der Waals surface area contributed by atoms with Crippen LogP contribution >= 0.6 is 0 Å². The molecule has 25 heavy (non-hydrogen) atoms. The second kappa shape index (κ2) is 7.79. The molecule has 0 radical (unpaired) electrons. The van der Waals surface area contributed by atoms with E-state index < -0.39 is 5.91 Å². The fraction of sp³-hybridized carbons (Fsp3) is 0. The summed E-state index contributed by atoms with van der Waals surface area (Å²) < 4.78 is 5.67. The molecule has 2 N–H and O–H groups in total. The molecule has 0 bridgehead atoms. The van der Waals surface area contributed by atoms with Gasteiger partial charge in [0.05, 0.1) is 0 Å². The highest BCUT2D eigenvalue weighted by molar-refractivity contribution is 5.99. The van der Waals surface area contributed by atoms with Crippen molar-refractivity contribution >= 4 is 11.8 Å². The van der Waals surface area contributed by atoms with Crippen LogP contribution in [0.2, 0.25) is 0 Å². The molecule has 0 heterocycles. The predicted octanol–water partition coefficient (Wildman–Crippen LogP) is 3.55. The van der Waals surface area contributed by atoms with Crippen molar-refractivity contribution in [1.82, 2.24) is 10.9 Å². The lowest BCUT2D eigenvalue weighted by molar-refractivity contribution is 0.0846. The maximum absolute atomic E-state index is 12.1. The molecular weight excluding hydrogens is 316 g/mol. The molecule has 124 valence electrons. The van der Waals surface area contributed by atoms with Gasteiger partial charge in [0.15, 0.2) is 0 Å². The second-order valence-corrected chi connectivity index (χ2v) is 5.21. The van der Waals surface area contributed by atoms with Crippen LogP contribution in [0, 0.1) is 0 Å². The van der Waals surface area contributed by atoms with Gasteiger partial charge in [0.1, 0.15) is 11.5 Å². The molecule has 0 atom stereocenters. The number of hydrazine groups is 1. The van der Waals surface area contributed by atoms with Gasteiger partial charge in [-0.05, 0) is 48.5 Å². The summed E-state index contributed by atoms with van der Waals surface area (Å²) in [6.45, 7) is 0. The van der Waals surface area contributed by atoms with E-state index in [0.29, 0.717) is 16.9 Å². The monoisotopic (exact) mass is 332 g/mol. The summed E-state index contributed by atoms with van der Waals surface area (Å²) >= 11 is 0. The number of amides is 2. The first kappa shape index (κ1) is 16.3. The average molecular weight is 332 g/mol. The van der Waals surface area contributed by atoms with Gasteiger partial charge in [-0.1, -0.05) is 36.4 Å². The van der Waals surface area contributed by atoms with Gasteiger partial charge < -0.3 is 4.74 Å². The zero-order valence-corrected chi connectivity index (χ0v) is 13.3. The van der Waals surface area contributed by atoms with Crippen LogP contribution in [0.4, 0.5) is 0 Å². The number of hydrogen-bond donors (Lipinski definition) is 2. The van der Waals surface area contributed by atoms with Gasteiger partial charge in [0, 0.05) is 11.1 Å². The molecule has 0 aliphatic heterocycles. The Bertz CT molecular complexity index is 847. The zero-order chi connectivity index (χ0) is 17.5. The summed E-state index contributed by atoms with van der Waals surface area (Å²) in [6.07, 6.45) is 0. The minimum absolute atomic E-state index is 0.377. The van der Waals surface area contributed by atoms with E-state index in [1.165, 1.54) is 0 Å². The van der Waals surface area contributed by atoms with E-state index in [2.05, 4.69) is 10.9 Å². The number of carbonyl (C=O) groups excluding carboxylic acids is 2. The number of benzene rings is 3. The third-order valence-corrected chi connectivity index (χ3v) is 3.42. The number of rotatable bonds is 4. The fourth-order valence-electron chi connectivity index (χ4n) is 2.15. The van der Waals surface area contributed by atoms with Crippen molar-refractivity contribution in [3.8, 4) is 11.5 Å². The summed E-state index contributed by atoms with van der Waals surface area (Å²) in [7, 11) is 0. The molecule has 0 unspecified atom stereocenters. The summed E-state index contributed by atoms with van der Waals surface area (Å²) in [5, 5.41) is 0. The standard InChI is InChI=1S/C20H16N2O3/c23-19(15-7-3-1-4-8-15)21-22-20(24)16-11-13-18(14-12-16)25-17-9-5-2-6-10-17/h1-14H,(H,21,23)(H,22,24). The van der Waals surface area contributed by atoms with E-state index in [4.69, 9.17) is 4.74 Å². The first-order valence-electron chi connectivity index (χ1n) is 7.71. The van der Waals surface area contributed by atoms with Crippen molar-refractivity contribution in [2.75, 3.05) is 0 Å². The molecule has 0 saturated heterocycles. The van der Waals surface area contributed by atoms with E-state index >= 15 is 0 Å². The van der Waals surface area contributed by atoms with Gasteiger partial charge in [0.25, 0.3) is 11.8 Å². The first-order valence-corrected chi connectivity index (χ1v) is 7.71. The molecule has 0 saturated carbocycles. The van der Waals surface area contributed by atoms with Crippen molar-refractivity contribution in [2.45, 2.75) is 0 Å². The smallest absolute Gasteiger partial charge is 0.269 e.